The summed E-state index contributed by atoms with van der Waals surface area (Å²) in [7, 11) is 0. The first kappa shape index (κ1) is 15.5. The molecule has 1 aromatic carbocycles. The van der Waals surface area contributed by atoms with Crippen LogP contribution in [0.25, 0.3) is 0 Å². The smallest absolute Gasteiger partial charge is 0.244 e. The standard InChI is InChI=1S/C18H27N3O/c1-3-20(4-2)17(14-8-6-5-7-9-14)18(22)21-12-15-10-19-11-16(15)13-21/h5-9,15-17,19H,3-4,10-13H2,1-2H3/t15-,16+,17?. The number of hydrogen-bond acceptors (Lipinski definition) is 3. The molecule has 2 saturated heterocycles. The number of likely N-dealkylation sites (N-methyl/N-ethyl adjacent to an activating group) is 1. The number of hydrogen-bond donors (Lipinski definition) is 1. The Hall–Kier alpha value is -1.39. The van der Waals surface area contributed by atoms with Crippen molar-refractivity contribution < 1.29 is 4.79 Å². The average molecular weight is 301 g/mol. The fourth-order valence-corrected chi connectivity index (χ4v) is 3.94. The van der Waals surface area contributed by atoms with Crippen LogP contribution in [0.4, 0.5) is 0 Å². The zero-order chi connectivity index (χ0) is 15.5. The minimum absolute atomic E-state index is 0.136. The van der Waals surface area contributed by atoms with Crippen LogP contribution in [0.1, 0.15) is 25.5 Å². The molecular formula is C18H27N3O. The lowest BCUT2D eigenvalue weighted by molar-refractivity contribution is -0.136. The van der Waals surface area contributed by atoms with Crippen molar-refractivity contribution in [3.05, 3.63) is 35.9 Å². The Morgan fingerprint density at radius 1 is 1.18 bits per heavy atom. The highest BCUT2D eigenvalue weighted by Crippen LogP contribution is 2.30. The van der Waals surface area contributed by atoms with Crippen molar-refractivity contribution in [1.29, 1.82) is 0 Å². The van der Waals surface area contributed by atoms with Gasteiger partial charge in [0.05, 0.1) is 0 Å². The Balaban J connectivity index is 1.81. The zero-order valence-corrected chi connectivity index (χ0v) is 13.7. The molecule has 3 rings (SSSR count). The Morgan fingerprint density at radius 2 is 1.77 bits per heavy atom. The van der Waals surface area contributed by atoms with E-state index in [9.17, 15) is 4.79 Å². The van der Waals surface area contributed by atoms with Crippen LogP contribution in [0.15, 0.2) is 30.3 Å². The number of fused-ring (bicyclic) bond motifs is 1. The lowest BCUT2D eigenvalue weighted by Gasteiger charge is -2.32. The maximum Gasteiger partial charge on any atom is 0.244 e. The lowest BCUT2D eigenvalue weighted by Crippen LogP contribution is -2.43. The Morgan fingerprint density at radius 3 is 2.32 bits per heavy atom. The molecular weight excluding hydrogens is 274 g/mol. The van der Waals surface area contributed by atoms with E-state index in [-0.39, 0.29) is 11.9 Å². The van der Waals surface area contributed by atoms with Crippen LogP contribution in [0.3, 0.4) is 0 Å². The van der Waals surface area contributed by atoms with Gasteiger partial charge in [0, 0.05) is 26.2 Å². The number of benzene rings is 1. The molecule has 0 saturated carbocycles. The van der Waals surface area contributed by atoms with E-state index in [0.29, 0.717) is 11.8 Å². The van der Waals surface area contributed by atoms with E-state index >= 15 is 0 Å². The molecule has 120 valence electrons. The van der Waals surface area contributed by atoms with Crippen LogP contribution in [-0.2, 0) is 4.79 Å². The zero-order valence-electron chi connectivity index (χ0n) is 13.7. The molecule has 1 amide bonds. The van der Waals surface area contributed by atoms with Gasteiger partial charge < -0.3 is 10.2 Å². The predicted octanol–water partition coefficient (Wildman–Crippen LogP) is 1.75. The van der Waals surface area contributed by atoms with Crippen molar-refractivity contribution in [2.24, 2.45) is 11.8 Å². The summed E-state index contributed by atoms with van der Waals surface area (Å²) < 4.78 is 0. The van der Waals surface area contributed by atoms with Crippen molar-refractivity contribution in [2.75, 3.05) is 39.3 Å². The molecule has 4 heteroatoms. The molecule has 0 spiro atoms. The Kier molecular flexibility index (Phi) is 4.79. The second-order valence-electron chi connectivity index (χ2n) is 6.46. The third kappa shape index (κ3) is 2.90. The minimum atomic E-state index is -0.136. The van der Waals surface area contributed by atoms with Crippen molar-refractivity contribution in [2.45, 2.75) is 19.9 Å². The van der Waals surface area contributed by atoms with Gasteiger partial charge in [-0.25, -0.2) is 0 Å². The van der Waals surface area contributed by atoms with Gasteiger partial charge in [-0.2, -0.15) is 0 Å². The Labute approximate surface area is 133 Å². The van der Waals surface area contributed by atoms with Gasteiger partial charge in [-0.3, -0.25) is 9.69 Å². The van der Waals surface area contributed by atoms with E-state index in [2.05, 4.69) is 41.1 Å². The topological polar surface area (TPSA) is 35.6 Å². The molecule has 2 aliphatic rings. The maximum absolute atomic E-state index is 13.2. The number of likely N-dealkylation sites (tertiary alicyclic amines) is 1. The fraction of sp³-hybridized carbons (Fsp3) is 0.611. The molecule has 0 aliphatic carbocycles. The SMILES string of the molecule is CCN(CC)C(C(=O)N1C[C@H]2CNC[C@H]2C1)c1ccccc1. The second-order valence-corrected chi connectivity index (χ2v) is 6.46. The van der Waals surface area contributed by atoms with E-state index in [0.717, 1.165) is 44.8 Å². The predicted molar refractivity (Wildman–Crippen MR) is 88.5 cm³/mol. The molecule has 0 bridgehead atoms. The Bertz CT molecular complexity index is 488. The third-order valence-corrected chi connectivity index (χ3v) is 5.23. The summed E-state index contributed by atoms with van der Waals surface area (Å²) in [5.41, 5.74) is 1.12. The van der Waals surface area contributed by atoms with Gasteiger partial charge in [0.1, 0.15) is 6.04 Å². The third-order valence-electron chi connectivity index (χ3n) is 5.23. The molecule has 2 aliphatic heterocycles. The van der Waals surface area contributed by atoms with Crippen LogP contribution in [-0.4, -0.2) is 55.0 Å². The van der Waals surface area contributed by atoms with Gasteiger partial charge in [0.15, 0.2) is 0 Å². The summed E-state index contributed by atoms with van der Waals surface area (Å²) in [5, 5.41) is 3.44. The minimum Gasteiger partial charge on any atom is -0.340 e. The molecule has 22 heavy (non-hydrogen) atoms. The average Bonchev–Trinajstić information content (AvgIpc) is 3.14. The normalized spacial score (nSPS) is 25.5. The summed E-state index contributed by atoms with van der Waals surface area (Å²) in [5.74, 6) is 1.58. The highest BCUT2D eigenvalue weighted by molar-refractivity contribution is 5.83. The van der Waals surface area contributed by atoms with Gasteiger partial charge in [0.2, 0.25) is 5.91 Å². The lowest BCUT2D eigenvalue weighted by atomic mass is 10.0. The molecule has 0 radical (unpaired) electrons. The molecule has 2 fully saturated rings. The summed E-state index contributed by atoms with van der Waals surface area (Å²) in [6, 6.07) is 10.1. The summed E-state index contributed by atoms with van der Waals surface area (Å²) >= 11 is 0. The van der Waals surface area contributed by atoms with Gasteiger partial charge in [-0.05, 0) is 30.5 Å². The number of nitrogens with zero attached hydrogens (tertiary/aromatic N) is 2. The molecule has 1 aromatic rings. The van der Waals surface area contributed by atoms with Gasteiger partial charge in [0.25, 0.3) is 0 Å². The van der Waals surface area contributed by atoms with E-state index < -0.39 is 0 Å². The number of nitrogens with one attached hydrogen (secondary N) is 1. The van der Waals surface area contributed by atoms with Gasteiger partial charge >= 0.3 is 0 Å². The maximum atomic E-state index is 13.2. The summed E-state index contributed by atoms with van der Waals surface area (Å²) in [4.78, 5) is 17.6. The first-order chi connectivity index (χ1) is 10.7. The van der Waals surface area contributed by atoms with E-state index in [1.165, 1.54) is 0 Å². The molecule has 2 heterocycles. The van der Waals surface area contributed by atoms with Crippen LogP contribution >= 0.6 is 0 Å². The highest BCUT2D eigenvalue weighted by Gasteiger charge is 2.40. The number of amides is 1. The van der Waals surface area contributed by atoms with Gasteiger partial charge in [-0.15, -0.1) is 0 Å². The van der Waals surface area contributed by atoms with Gasteiger partial charge in [-0.1, -0.05) is 44.2 Å². The number of carbonyl (C=O) groups excluding carboxylic acids is 1. The van der Waals surface area contributed by atoms with Crippen LogP contribution in [0.5, 0.6) is 0 Å². The van der Waals surface area contributed by atoms with E-state index in [1.807, 2.05) is 18.2 Å². The first-order valence-corrected chi connectivity index (χ1v) is 8.53. The molecule has 3 atom stereocenters. The van der Waals surface area contributed by atoms with Crippen molar-refractivity contribution in [3.63, 3.8) is 0 Å². The number of carbonyl (C=O) groups is 1. The summed E-state index contributed by atoms with van der Waals surface area (Å²) in [6.45, 7) is 10.0. The number of rotatable bonds is 5. The molecule has 1 unspecified atom stereocenters. The van der Waals surface area contributed by atoms with Crippen LogP contribution in [0.2, 0.25) is 0 Å². The van der Waals surface area contributed by atoms with E-state index in [1.54, 1.807) is 0 Å². The van der Waals surface area contributed by atoms with E-state index in [4.69, 9.17) is 0 Å². The van der Waals surface area contributed by atoms with Crippen molar-refractivity contribution in [3.8, 4) is 0 Å². The monoisotopic (exact) mass is 301 g/mol. The second kappa shape index (κ2) is 6.80. The quantitative estimate of drug-likeness (QED) is 0.900. The molecule has 1 N–H and O–H groups in total. The summed E-state index contributed by atoms with van der Waals surface area (Å²) in [6.07, 6.45) is 0. The highest BCUT2D eigenvalue weighted by atomic mass is 16.2. The molecule has 0 aromatic heterocycles. The van der Waals surface area contributed by atoms with Crippen LogP contribution in [0, 0.1) is 11.8 Å². The first-order valence-electron chi connectivity index (χ1n) is 8.53. The van der Waals surface area contributed by atoms with Crippen LogP contribution < -0.4 is 5.32 Å². The van der Waals surface area contributed by atoms with Crippen molar-refractivity contribution in [1.82, 2.24) is 15.1 Å². The fourth-order valence-electron chi connectivity index (χ4n) is 3.94. The largest absolute Gasteiger partial charge is 0.340 e. The van der Waals surface area contributed by atoms with Crippen molar-refractivity contribution >= 4 is 5.91 Å². The molecule has 4 nitrogen and oxygen atoms in total.